The maximum Gasteiger partial charge on any atom is 0.136 e. The van der Waals surface area contributed by atoms with Crippen molar-refractivity contribution in [3.05, 3.63) is 8.98 Å². The summed E-state index contributed by atoms with van der Waals surface area (Å²) in [4.78, 5) is 0. The molecule has 0 saturated heterocycles. The van der Waals surface area contributed by atoms with Crippen molar-refractivity contribution in [3.63, 3.8) is 0 Å². The molecule has 0 aliphatic rings. The summed E-state index contributed by atoms with van der Waals surface area (Å²) in [5.41, 5.74) is 0. The van der Waals surface area contributed by atoms with E-state index < -0.39 is 0 Å². The Balaban J connectivity index is 0. The molecule has 0 nitrogen and oxygen atoms in total. The summed E-state index contributed by atoms with van der Waals surface area (Å²) >= 11 is 22.9. The van der Waals surface area contributed by atoms with Crippen LogP contribution in [0, 0.1) is 0 Å². The summed E-state index contributed by atoms with van der Waals surface area (Å²) in [7, 11) is 0. The quantitative estimate of drug-likeness (QED) is 0.576. The number of halogens is 5. The first kappa shape index (κ1) is 12.1. The van der Waals surface area contributed by atoms with Gasteiger partial charge in [-0.05, 0) is 5.83 Å². The summed E-state index contributed by atoms with van der Waals surface area (Å²) in [6, 6.07) is 0. The van der Waals surface area contributed by atoms with Crippen LogP contribution >= 0.6 is 62.3 Å². The molecule has 0 rings (SSSR count). The number of hydrogen-bond donors (Lipinski definition) is 0. The molecule has 0 aromatic rings. The second kappa shape index (κ2) is 8.38. The van der Waals surface area contributed by atoms with Gasteiger partial charge in [0.25, 0.3) is 0 Å². The molecule has 0 atom stereocenters. The molecule has 0 aliphatic carbocycles. The molecule has 0 aromatic carbocycles. The molecule has 0 amide bonds. The van der Waals surface area contributed by atoms with Crippen molar-refractivity contribution in [1.29, 1.82) is 0 Å². The van der Waals surface area contributed by atoms with Crippen LogP contribution in [0.2, 0.25) is 0 Å². The van der Waals surface area contributed by atoms with Crippen LogP contribution < -0.4 is 0 Å². The maximum absolute atomic E-state index is 4.99. The molecular formula is C3H3BrCl4. The summed E-state index contributed by atoms with van der Waals surface area (Å²) in [5, 5.41) is 0. The van der Waals surface area contributed by atoms with Crippen LogP contribution in [0.3, 0.4) is 0 Å². The van der Waals surface area contributed by atoms with Crippen molar-refractivity contribution in [3.8, 4) is 0 Å². The minimum Gasteiger partial charge on any atom is -0.0966 e. The Morgan fingerprint density at radius 1 is 0.875 bits per heavy atom. The van der Waals surface area contributed by atoms with Crippen molar-refractivity contribution in [2.45, 2.75) is 0 Å². The summed E-state index contributed by atoms with van der Waals surface area (Å²) in [6.07, 6.45) is 0. The number of rotatable bonds is 0. The van der Waals surface area contributed by atoms with E-state index in [-0.39, 0.29) is 8.98 Å². The Morgan fingerprint density at radius 2 is 1.00 bits per heavy atom. The third-order valence-corrected chi connectivity index (χ3v) is 1.29. The van der Waals surface area contributed by atoms with E-state index in [0.717, 1.165) is 0 Å². The van der Waals surface area contributed by atoms with Gasteiger partial charge in [-0.3, -0.25) is 0 Å². The zero-order valence-corrected chi connectivity index (χ0v) is 8.50. The van der Waals surface area contributed by atoms with E-state index in [9.17, 15) is 0 Å². The van der Waals surface area contributed by atoms with Crippen molar-refractivity contribution >= 4 is 62.3 Å². The van der Waals surface area contributed by atoms with Gasteiger partial charge in [0.2, 0.25) is 0 Å². The number of hydrogen-bond acceptors (Lipinski definition) is 0. The molecule has 5 heteroatoms. The van der Waals surface area contributed by atoms with E-state index in [1.165, 1.54) is 0 Å². The Hall–Kier alpha value is 1.38. The molecular weight excluding hydrogens is 258 g/mol. The van der Waals surface area contributed by atoms with Crippen molar-refractivity contribution in [2.75, 3.05) is 5.83 Å². The van der Waals surface area contributed by atoms with Crippen LogP contribution in [0.4, 0.5) is 0 Å². The largest absolute Gasteiger partial charge is 0.136 e. The highest BCUT2D eigenvalue weighted by molar-refractivity contribution is 9.08. The van der Waals surface area contributed by atoms with Gasteiger partial charge in [0.1, 0.15) is 8.98 Å². The molecule has 0 fully saturated rings. The van der Waals surface area contributed by atoms with Gasteiger partial charge in [0.05, 0.1) is 0 Å². The highest BCUT2D eigenvalue weighted by atomic mass is 79.9. The van der Waals surface area contributed by atoms with Crippen molar-refractivity contribution in [1.82, 2.24) is 0 Å². The van der Waals surface area contributed by atoms with Crippen LogP contribution in [0.25, 0.3) is 0 Å². The fourth-order valence-corrected chi connectivity index (χ4v) is 0. The molecule has 0 bridgehead atoms. The molecule has 0 N–H and O–H groups in total. The average Bonchev–Trinajstić information content (AvgIpc) is 1.72. The van der Waals surface area contributed by atoms with Gasteiger partial charge in [-0.1, -0.05) is 62.3 Å². The second-order valence-corrected chi connectivity index (χ2v) is 2.42. The van der Waals surface area contributed by atoms with E-state index in [4.69, 9.17) is 46.4 Å². The van der Waals surface area contributed by atoms with Gasteiger partial charge >= 0.3 is 0 Å². The van der Waals surface area contributed by atoms with Gasteiger partial charge in [0, 0.05) is 0 Å². The molecule has 0 aliphatic heterocycles. The topological polar surface area (TPSA) is 0 Å². The highest BCUT2D eigenvalue weighted by Crippen LogP contribution is 2.20. The number of alkyl halides is 1. The third-order valence-electron chi connectivity index (χ3n) is 0.143. The molecule has 50 valence electrons. The summed E-state index contributed by atoms with van der Waals surface area (Å²) < 4.78 is -0.198. The lowest BCUT2D eigenvalue weighted by molar-refractivity contribution is 2.25. The molecule has 0 saturated carbocycles. The van der Waals surface area contributed by atoms with Crippen molar-refractivity contribution in [2.24, 2.45) is 0 Å². The Bertz CT molecular complexity index is 61.4. The van der Waals surface area contributed by atoms with Gasteiger partial charge < -0.3 is 0 Å². The first-order valence-corrected chi connectivity index (χ1v) is 4.48. The molecule has 0 unspecified atom stereocenters. The van der Waals surface area contributed by atoms with Crippen LogP contribution in [0.1, 0.15) is 0 Å². The predicted molar refractivity (Wildman–Crippen MR) is 45.3 cm³/mol. The Labute approximate surface area is 76.9 Å². The van der Waals surface area contributed by atoms with E-state index in [2.05, 4.69) is 15.9 Å². The Kier molecular flexibility index (Phi) is 12.7. The standard InChI is InChI=1S/C2Cl4.CH3Br/c3-1(4)2(5)6;1-2/h;1H3. The van der Waals surface area contributed by atoms with E-state index >= 15 is 0 Å². The third kappa shape index (κ3) is 10.4. The normalized spacial score (nSPS) is 6.75. The molecule has 0 aromatic heterocycles. The maximum atomic E-state index is 4.99. The fraction of sp³-hybridized carbons (Fsp3) is 0.333. The zero-order valence-electron chi connectivity index (χ0n) is 3.89. The molecule has 8 heavy (non-hydrogen) atoms. The van der Waals surface area contributed by atoms with Crippen LogP contribution in [-0.4, -0.2) is 5.83 Å². The van der Waals surface area contributed by atoms with E-state index in [0.29, 0.717) is 0 Å². The lowest BCUT2D eigenvalue weighted by atomic mass is 11.2. The van der Waals surface area contributed by atoms with Crippen molar-refractivity contribution < 1.29 is 0 Å². The van der Waals surface area contributed by atoms with Crippen LogP contribution in [0.5, 0.6) is 0 Å². The van der Waals surface area contributed by atoms with E-state index in [1.54, 1.807) is 0 Å². The van der Waals surface area contributed by atoms with Gasteiger partial charge in [-0.25, -0.2) is 0 Å². The predicted octanol–water partition coefficient (Wildman–Crippen LogP) is 4.08. The summed E-state index contributed by atoms with van der Waals surface area (Å²) in [6.45, 7) is 0. The molecule has 0 spiro atoms. The van der Waals surface area contributed by atoms with Gasteiger partial charge in [0.15, 0.2) is 0 Å². The first-order chi connectivity index (χ1) is 3.64. The lowest BCUT2D eigenvalue weighted by Gasteiger charge is -1.75. The zero-order chi connectivity index (χ0) is 7.15. The molecule has 0 radical (unpaired) electrons. The van der Waals surface area contributed by atoms with E-state index in [1.807, 2.05) is 5.83 Å². The van der Waals surface area contributed by atoms with Gasteiger partial charge in [-0.15, -0.1) is 0 Å². The van der Waals surface area contributed by atoms with Crippen LogP contribution in [-0.2, 0) is 0 Å². The second-order valence-electron chi connectivity index (χ2n) is 0.521. The Morgan fingerprint density at radius 3 is 1.00 bits per heavy atom. The first-order valence-electron chi connectivity index (χ1n) is 1.38. The summed E-state index contributed by atoms with van der Waals surface area (Å²) in [5.74, 6) is 1.81. The monoisotopic (exact) mass is 258 g/mol. The fourth-order valence-electron chi connectivity index (χ4n) is 0. The van der Waals surface area contributed by atoms with Gasteiger partial charge in [-0.2, -0.15) is 0 Å². The smallest absolute Gasteiger partial charge is 0.0966 e. The SMILES string of the molecule is CBr.ClC(Cl)=C(Cl)Cl. The minimum absolute atomic E-state index is 0.0988. The highest BCUT2D eigenvalue weighted by Gasteiger charge is 1.88. The lowest BCUT2D eigenvalue weighted by Crippen LogP contribution is -1.47. The minimum atomic E-state index is -0.0988. The van der Waals surface area contributed by atoms with Crippen LogP contribution in [0.15, 0.2) is 8.98 Å². The molecule has 0 heterocycles. The average molecular weight is 261 g/mol.